The normalized spacial score (nSPS) is 12.1. The number of aromatic nitrogens is 3. The first-order chi connectivity index (χ1) is 14.2. The summed E-state index contributed by atoms with van der Waals surface area (Å²) < 4.78 is 6.81. The van der Waals surface area contributed by atoms with Gasteiger partial charge in [0.15, 0.2) is 11.3 Å². The SMILES string of the molecule is COCC(C)NC(=O)c1cc2nc(-c3ccccc3)cc(-c3ccccc3)n2n1. The number of ether oxygens (including phenoxy) is 1. The molecule has 0 saturated carbocycles. The van der Waals surface area contributed by atoms with Gasteiger partial charge >= 0.3 is 0 Å². The Labute approximate surface area is 169 Å². The van der Waals surface area contributed by atoms with Crippen LogP contribution in [-0.4, -0.2) is 40.3 Å². The number of rotatable bonds is 6. The van der Waals surface area contributed by atoms with Crippen LogP contribution in [0, 0.1) is 0 Å². The Hall–Kier alpha value is -3.51. The molecule has 0 saturated heterocycles. The van der Waals surface area contributed by atoms with Gasteiger partial charge in [0.25, 0.3) is 5.91 Å². The topological polar surface area (TPSA) is 68.5 Å². The molecule has 6 heteroatoms. The second kappa shape index (κ2) is 8.24. The smallest absolute Gasteiger partial charge is 0.272 e. The van der Waals surface area contributed by atoms with Crippen molar-refractivity contribution in [3.63, 3.8) is 0 Å². The van der Waals surface area contributed by atoms with Crippen LogP contribution in [0.4, 0.5) is 0 Å². The lowest BCUT2D eigenvalue weighted by Gasteiger charge is -2.11. The number of fused-ring (bicyclic) bond motifs is 1. The molecule has 0 spiro atoms. The van der Waals surface area contributed by atoms with E-state index in [0.717, 1.165) is 22.5 Å². The van der Waals surface area contributed by atoms with Crippen molar-refractivity contribution in [1.82, 2.24) is 19.9 Å². The fourth-order valence-electron chi connectivity index (χ4n) is 3.25. The Bertz CT molecular complexity index is 1120. The fourth-order valence-corrected chi connectivity index (χ4v) is 3.25. The number of nitrogens with one attached hydrogen (secondary N) is 1. The summed E-state index contributed by atoms with van der Waals surface area (Å²) in [6.07, 6.45) is 0. The monoisotopic (exact) mass is 386 g/mol. The highest BCUT2D eigenvalue weighted by molar-refractivity contribution is 5.93. The van der Waals surface area contributed by atoms with E-state index in [4.69, 9.17) is 9.72 Å². The minimum absolute atomic E-state index is 0.112. The summed E-state index contributed by atoms with van der Waals surface area (Å²) >= 11 is 0. The lowest BCUT2D eigenvalue weighted by atomic mass is 10.1. The van der Waals surface area contributed by atoms with E-state index < -0.39 is 0 Å². The molecule has 29 heavy (non-hydrogen) atoms. The van der Waals surface area contributed by atoms with Crippen LogP contribution < -0.4 is 5.32 Å². The lowest BCUT2D eigenvalue weighted by molar-refractivity contribution is 0.0900. The molecule has 4 aromatic rings. The van der Waals surface area contributed by atoms with Crippen molar-refractivity contribution in [2.24, 2.45) is 0 Å². The summed E-state index contributed by atoms with van der Waals surface area (Å²) in [7, 11) is 1.61. The molecule has 0 bridgehead atoms. The number of carbonyl (C=O) groups excluding carboxylic acids is 1. The molecule has 6 nitrogen and oxygen atoms in total. The van der Waals surface area contributed by atoms with Gasteiger partial charge < -0.3 is 10.1 Å². The largest absolute Gasteiger partial charge is 0.383 e. The molecular weight excluding hydrogens is 364 g/mol. The van der Waals surface area contributed by atoms with Gasteiger partial charge in [0.1, 0.15) is 0 Å². The number of hydrogen-bond donors (Lipinski definition) is 1. The molecule has 2 aromatic carbocycles. The minimum atomic E-state index is -0.250. The van der Waals surface area contributed by atoms with Crippen molar-refractivity contribution >= 4 is 11.6 Å². The summed E-state index contributed by atoms with van der Waals surface area (Å²) in [5.41, 5.74) is 4.65. The maximum Gasteiger partial charge on any atom is 0.272 e. The van der Waals surface area contributed by atoms with Crippen LogP contribution in [0.2, 0.25) is 0 Å². The van der Waals surface area contributed by atoms with E-state index in [9.17, 15) is 4.79 Å². The first kappa shape index (κ1) is 18.8. The Balaban J connectivity index is 1.82. The van der Waals surface area contributed by atoms with E-state index >= 15 is 0 Å². The van der Waals surface area contributed by atoms with Crippen molar-refractivity contribution in [1.29, 1.82) is 0 Å². The molecule has 1 N–H and O–H groups in total. The van der Waals surface area contributed by atoms with E-state index in [0.29, 0.717) is 17.9 Å². The Morgan fingerprint density at radius 1 is 1.03 bits per heavy atom. The van der Waals surface area contributed by atoms with Gasteiger partial charge in [0.2, 0.25) is 0 Å². The van der Waals surface area contributed by atoms with E-state index in [2.05, 4.69) is 10.4 Å². The Kier molecular flexibility index (Phi) is 5.35. The first-order valence-electron chi connectivity index (χ1n) is 9.47. The number of benzene rings is 2. The molecule has 4 rings (SSSR count). The highest BCUT2D eigenvalue weighted by Crippen LogP contribution is 2.26. The zero-order chi connectivity index (χ0) is 20.2. The van der Waals surface area contributed by atoms with Crippen LogP contribution >= 0.6 is 0 Å². The van der Waals surface area contributed by atoms with Crippen LogP contribution in [0.15, 0.2) is 72.8 Å². The van der Waals surface area contributed by atoms with Crippen LogP contribution in [0.25, 0.3) is 28.2 Å². The van der Waals surface area contributed by atoms with E-state index in [1.54, 1.807) is 17.7 Å². The van der Waals surface area contributed by atoms with Crippen LogP contribution in [0.1, 0.15) is 17.4 Å². The molecule has 1 unspecified atom stereocenters. The van der Waals surface area contributed by atoms with Gasteiger partial charge in [-0.05, 0) is 13.0 Å². The van der Waals surface area contributed by atoms with Gasteiger partial charge in [0, 0.05) is 30.3 Å². The maximum absolute atomic E-state index is 12.6. The third kappa shape index (κ3) is 4.02. The zero-order valence-electron chi connectivity index (χ0n) is 16.4. The van der Waals surface area contributed by atoms with Crippen LogP contribution in [-0.2, 0) is 4.74 Å². The summed E-state index contributed by atoms with van der Waals surface area (Å²) in [6, 6.07) is 23.5. The molecule has 2 heterocycles. The number of hydrogen-bond acceptors (Lipinski definition) is 4. The molecule has 0 fully saturated rings. The molecule has 0 radical (unpaired) electrons. The predicted molar refractivity (Wildman–Crippen MR) is 113 cm³/mol. The Morgan fingerprint density at radius 2 is 1.69 bits per heavy atom. The van der Waals surface area contributed by atoms with Gasteiger partial charge in [-0.3, -0.25) is 4.79 Å². The second-order valence-corrected chi connectivity index (χ2v) is 6.89. The zero-order valence-corrected chi connectivity index (χ0v) is 16.4. The van der Waals surface area contributed by atoms with Crippen LogP contribution in [0.3, 0.4) is 0 Å². The number of carbonyl (C=O) groups is 1. The van der Waals surface area contributed by atoms with Crippen molar-refractivity contribution in [3.8, 4) is 22.5 Å². The van der Waals surface area contributed by atoms with Crippen molar-refractivity contribution < 1.29 is 9.53 Å². The number of methoxy groups -OCH3 is 1. The first-order valence-corrected chi connectivity index (χ1v) is 9.47. The van der Waals surface area contributed by atoms with Crippen molar-refractivity contribution in [2.75, 3.05) is 13.7 Å². The third-order valence-electron chi connectivity index (χ3n) is 4.59. The summed E-state index contributed by atoms with van der Waals surface area (Å²) in [5.74, 6) is -0.250. The van der Waals surface area contributed by atoms with Crippen molar-refractivity contribution in [2.45, 2.75) is 13.0 Å². The quantitative estimate of drug-likeness (QED) is 0.547. The highest BCUT2D eigenvalue weighted by atomic mass is 16.5. The average Bonchev–Trinajstić information content (AvgIpc) is 3.19. The van der Waals surface area contributed by atoms with E-state index in [-0.39, 0.29) is 11.9 Å². The van der Waals surface area contributed by atoms with Gasteiger partial charge in [-0.1, -0.05) is 60.7 Å². The third-order valence-corrected chi connectivity index (χ3v) is 4.59. The second-order valence-electron chi connectivity index (χ2n) is 6.89. The molecule has 0 aliphatic rings. The molecule has 146 valence electrons. The van der Waals surface area contributed by atoms with Gasteiger partial charge in [-0.25, -0.2) is 9.50 Å². The predicted octanol–water partition coefficient (Wildman–Crippen LogP) is 3.83. The summed E-state index contributed by atoms with van der Waals surface area (Å²) in [5, 5.41) is 7.43. The lowest BCUT2D eigenvalue weighted by Crippen LogP contribution is -2.35. The van der Waals surface area contributed by atoms with Crippen molar-refractivity contribution in [3.05, 3.63) is 78.5 Å². The molecule has 1 atom stereocenters. The summed E-state index contributed by atoms with van der Waals surface area (Å²) in [6.45, 7) is 2.32. The minimum Gasteiger partial charge on any atom is -0.383 e. The molecule has 1 amide bonds. The highest BCUT2D eigenvalue weighted by Gasteiger charge is 2.17. The fraction of sp³-hybridized carbons (Fsp3) is 0.174. The Morgan fingerprint density at radius 3 is 2.34 bits per heavy atom. The average molecular weight is 386 g/mol. The van der Waals surface area contributed by atoms with E-state index in [1.807, 2.05) is 73.7 Å². The molecule has 2 aromatic heterocycles. The molecular formula is C23H22N4O2. The van der Waals surface area contributed by atoms with Gasteiger partial charge in [-0.2, -0.15) is 5.10 Å². The standard InChI is InChI=1S/C23H22N4O2/c1-16(15-29-2)24-23(28)20-14-22-25-19(17-9-5-3-6-10-17)13-21(27(22)26-20)18-11-7-4-8-12-18/h3-14,16H,15H2,1-2H3,(H,24,28). The number of nitrogens with zero attached hydrogens (tertiary/aromatic N) is 3. The molecule has 0 aliphatic carbocycles. The number of amides is 1. The van der Waals surface area contributed by atoms with Gasteiger partial charge in [-0.15, -0.1) is 0 Å². The van der Waals surface area contributed by atoms with Gasteiger partial charge in [0.05, 0.1) is 18.0 Å². The summed E-state index contributed by atoms with van der Waals surface area (Å²) in [4.78, 5) is 17.4. The maximum atomic E-state index is 12.6. The molecule has 0 aliphatic heterocycles. The van der Waals surface area contributed by atoms with Crippen LogP contribution in [0.5, 0.6) is 0 Å². The van der Waals surface area contributed by atoms with E-state index in [1.165, 1.54) is 0 Å².